The Morgan fingerprint density at radius 1 is 1.28 bits per heavy atom. The monoisotopic (exact) mass is 252 g/mol. The van der Waals surface area contributed by atoms with E-state index in [-0.39, 0.29) is 6.42 Å². The van der Waals surface area contributed by atoms with E-state index in [0.29, 0.717) is 17.9 Å². The fraction of sp³-hybridized carbons (Fsp3) is 0.308. The molecule has 1 aromatic heterocycles. The average Bonchev–Trinajstić information content (AvgIpc) is 2.75. The SMILES string of the molecule is CCn1ccnc1C(O)Cc1cc(F)cc(F)c1. The van der Waals surface area contributed by atoms with Gasteiger partial charge in [-0.1, -0.05) is 0 Å². The zero-order chi connectivity index (χ0) is 13.1. The van der Waals surface area contributed by atoms with Crippen LogP contribution in [0.4, 0.5) is 8.78 Å². The summed E-state index contributed by atoms with van der Waals surface area (Å²) >= 11 is 0. The normalized spacial score (nSPS) is 12.7. The maximum Gasteiger partial charge on any atom is 0.137 e. The predicted octanol–water partition coefficient (Wildman–Crippen LogP) is 2.46. The highest BCUT2D eigenvalue weighted by Crippen LogP contribution is 2.18. The first-order valence-electron chi connectivity index (χ1n) is 5.74. The van der Waals surface area contributed by atoms with E-state index in [0.717, 1.165) is 6.07 Å². The molecule has 96 valence electrons. The fourth-order valence-electron chi connectivity index (χ4n) is 1.93. The van der Waals surface area contributed by atoms with Crippen LogP contribution in [0.25, 0.3) is 0 Å². The Labute approximate surface area is 104 Å². The third kappa shape index (κ3) is 2.73. The number of rotatable bonds is 4. The Morgan fingerprint density at radius 3 is 2.56 bits per heavy atom. The van der Waals surface area contributed by atoms with Crippen molar-refractivity contribution in [3.63, 3.8) is 0 Å². The van der Waals surface area contributed by atoms with Gasteiger partial charge in [-0.15, -0.1) is 0 Å². The van der Waals surface area contributed by atoms with Gasteiger partial charge in [0, 0.05) is 31.4 Å². The molecule has 1 heterocycles. The number of benzene rings is 1. The Bertz CT molecular complexity index is 519. The lowest BCUT2D eigenvalue weighted by molar-refractivity contribution is 0.163. The molecule has 0 fully saturated rings. The largest absolute Gasteiger partial charge is 0.385 e. The van der Waals surface area contributed by atoms with Crippen molar-refractivity contribution in [1.29, 1.82) is 0 Å². The summed E-state index contributed by atoms with van der Waals surface area (Å²) in [5.41, 5.74) is 0.408. The van der Waals surface area contributed by atoms with E-state index < -0.39 is 17.7 Å². The lowest BCUT2D eigenvalue weighted by Gasteiger charge is -2.12. The second kappa shape index (κ2) is 5.27. The Balaban J connectivity index is 2.18. The average molecular weight is 252 g/mol. The van der Waals surface area contributed by atoms with Crippen molar-refractivity contribution in [1.82, 2.24) is 9.55 Å². The molecule has 2 aromatic rings. The van der Waals surface area contributed by atoms with E-state index in [1.807, 2.05) is 6.92 Å². The van der Waals surface area contributed by atoms with Gasteiger partial charge in [0.1, 0.15) is 23.6 Å². The molecule has 0 aliphatic carbocycles. The Morgan fingerprint density at radius 2 is 1.94 bits per heavy atom. The molecule has 0 aliphatic rings. The highest BCUT2D eigenvalue weighted by molar-refractivity contribution is 5.19. The van der Waals surface area contributed by atoms with E-state index in [2.05, 4.69) is 4.98 Å². The summed E-state index contributed by atoms with van der Waals surface area (Å²) in [5.74, 6) is -0.783. The molecule has 1 unspecified atom stereocenters. The van der Waals surface area contributed by atoms with Crippen LogP contribution in [0.2, 0.25) is 0 Å². The topological polar surface area (TPSA) is 38.0 Å². The van der Waals surface area contributed by atoms with Crippen LogP contribution < -0.4 is 0 Å². The number of hydrogen-bond donors (Lipinski definition) is 1. The molecule has 18 heavy (non-hydrogen) atoms. The van der Waals surface area contributed by atoms with Crippen molar-refractivity contribution in [3.05, 3.63) is 53.6 Å². The standard InChI is InChI=1S/C13H14F2N2O/c1-2-17-4-3-16-13(17)12(18)7-9-5-10(14)8-11(15)6-9/h3-6,8,12,18H,2,7H2,1H3. The first-order valence-corrected chi connectivity index (χ1v) is 5.74. The third-order valence-electron chi connectivity index (χ3n) is 2.74. The van der Waals surface area contributed by atoms with Crippen molar-refractivity contribution in [3.8, 4) is 0 Å². The van der Waals surface area contributed by atoms with Crippen molar-refractivity contribution in [2.45, 2.75) is 26.0 Å². The van der Waals surface area contributed by atoms with Crippen LogP contribution in [0.1, 0.15) is 24.4 Å². The fourth-order valence-corrected chi connectivity index (χ4v) is 1.93. The molecule has 0 saturated heterocycles. The predicted molar refractivity (Wildman–Crippen MR) is 62.9 cm³/mol. The quantitative estimate of drug-likeness (QED) is 0.907. The van der Waals surface area contributed by atoms with Gasteiger partial charge >= 0.3 is 0 Å². The van der Waals surface area contributed by atoms with E-state index in [1.54, 1.807) is 17.0 Å². The molecule has 0 spiro atoms. The maximum atomic E-state index is 13.0. The Kier molecular flexibility index (Phi) is 3.72. The minimum Gasteiger partial charge on any atom is -0.385 e. The molecule has 3 nitrogen and oxygen atoms in total. The van der Waals surface area contributed by atoms with Crippen LogP contribution in [-0.4, -0.2) is 14.7 Å². The number of aliphatic hydroxyl groups is 1. The molecular formula is C13H14F2N2O. The number of imidazole rings is 1. The summed E-state index contributed by atoms with van der Waals surface area (Å²) in [6.45, 7) is 2.61. The van der Waals surface area contributed by atoms with Crippen LogP contribution in [-0.2, 0) is 13.0 Å². The first-order chi connectivity index (χ1) is 8.60. The third-order valence-corrected chi connectivity index (χ3v) is 2.74. The van der Waals surface area contributed by atoms with Gasteiger partial charge in [-0.05, 0) is 24.6 Å². The highest BCUT2D eigenvalue weighted by atomic mass is 19.1. The highest BCUT2D eigenvalue weighted by Gasteiger charge is 2.14. The van der Waals surface area contributed by atoms with E-state index in [9.17, 15) is 13.9 Å². The zero-order valence-corrected chi connectivity index (χ0v) is 9.98. The van der Waals surface area contributed by atoms with Gasteiger partial charge in [-0.25, -0.2) is 13.8 Å². The second-order valence-corrected chi connectivity index (χ2v) is 4.07. The minimum atomic E-state index is -0.874. The van der Waals surface area contributed by atoms with Crippen LogP contribution in [0.3, 0.4) is 0 Å². The number of aryl methyl sites for hydroxylation is 1. The molecule has 2 rings (SSSR count). The summed E-state index contributed by atoms with van der Waals surface area (Å²) in [5, 5.41) is 10.0. The summed E-state index contributed by atoms with van der Waals surface area (Å²) in [4.78, 5) is 4.05. The lowest BCUT2D eigenvalue weighted by Crippen LogP contribution is -2.10. The van der Waals surface area contributed by atoms with Gasteiger partial charge in [0.2, 0.25) is 0 Å². The van der Waals surface area contributed by atoms with Crippen molar-refractivity contribution in [2.24, 2.45) is 0 Å². The molecular weight excluding hydrogens is 238 g/mol. The first kappa shape index (κ1) is 12.7. The molecule has 0 amide bonds. The molecule has 0 aliphatic heterocycles. The van der Waals surface area contributed by atoms with Crippen molar-refractivity contribution < 1.29 is 13.9 Å². The Hall–Kier alpha value is -1.75. The van der Waals surface area contributed by atoms with Crippen LogP contribution in [0, 0.1) is 11.6 Å². The molecule has 0 saturated carbocycles. The van der Waals surface area contributed by atoms with Crippen LogP contribution in [0.15, 0.2) is 30.6 Å². The summed E-state index contributed by atoms with van der Waals surface area (Å²) in [7, 11) is 0. The number of aromatic nitrogens is 2. The van der Waals surface area contributed by atoms with E-state index in [4.69, 9.17) is 0 Å². The van der Waals surface area contributed by atoms with Crippen molar-refractivity contribution in [2.75, 3.05) is 0 Å². The van der Waals surface area contributed by atoms with Gasteiger partial charge in [0.15, 0.2) is 0 Å². The van der Waals surface area contributed by atoms with Gasteiger partial charge < -0.3 is 9.67 Å². The smallest absolute Gasteiger partial charge is 0.137 e. The van der Waals surface area contributed by atoms with E-state index in [1.165, 1.54) is 12.1 Å². The van der Waals surface area contributed by atoms with Gasteiger partial charge in [-0.3, -0.25) is 0 Å². The zero-order valence-electron chi connectivity index (χ0n) is 9.98. The molecule has 5 heteroatoms. The molecule has 0 bridgehead atoms. The maximum absolute atomic E-state index is 13.0. The number of halogens is 2. The molecule has 1 N–H and O–H groups in total. The lowest BCUT2D eigenvalue weighted by atomic mass is 10.1. The van der Waals surface area contributed by atoms with Crippen molar-refractivity contribution >= 4 is 0 Å². The summed E-state index contributed by atoms with van der Waals surface area (Å²) < 4.78 is 27.8. The molecule has 1 atom stereocenters. The van der Waals surface area contributed by atoms with Gasteiger partial charge in [-0.2, -0.15) is 0 Å². The molecule has 1 aromatic carbocycles. The van der Waals surface area contributed by atoms with Crippen LogP contribution in [0.5, 0.6) is 0 Å². The van der Waals surface area contributed by atoms with Crippen LogP contribution >= 0.6 is 0 Å². The number of hydrogen-bond acceptors (Lipinski definition) is 2. The summed E-state index contributed by atoms with van der Waals surface area (Å²) in [6.07, 6.45) is 2.60. The number of aliphatic hydroxyl groups excluding tert-OH is 1. The second-order valence-electron chi connectivity index (χ2n) is 4.07. The van der Waals surface area contributed by atoms with Gasteiger partial charge in [0.25, 0.3) is 0 Å². The minimum absolute atomic E-state index is 0.131. The summed E-state index contributed by atoms with van der Waals surface area (Å²) in [6, 6.07) is 3.24. The number of nitrogens with zero attached hydrogens (tertiary/aromatic N) is 2. The van der Waals surface area contributed by atoms with E-state index >= 15 is 0 Å². The van der Waals surface area contributed by atoms with Gasteiger partial charge in [0.05, 0.1) is 0 Å². The molecule has 0 radical (unpaired) electrons.